The van der Waals surface area contributed by atoms with Gasteiger partial charge in [-0.1, -0.05) is 30.3 Å². The topological polar surface area (TPSA) is 72.2 Å². The predicted octanol–water partition coefficient (Wildman–Crippen LogP) is 0.320. The van der Waals surface area contributed by atoms with Crippen molar-refractivity contribution in [1.29, 1.82) is 0 Å². The van der Waals surface area contributed by atoms with Gasteiger partial charge < -0.3 is 11.1 Å². The highest BCUT2D eigenvalue weighted by atomic mass is 16.2. The van der Waals surface area contributed by atoms with Crippen LogP contribution in [0.15, 0.2) is 30.3 Å². The van der Waals surface area contributed by atoms with Gasteiger partial charge in [0.1, 0.15) is 0 Å². The van der Waals surface area contributed by atoms with Gasteiger partial charge in [-0.15, -0.1) is 0 Å². The normalized spacial score (nSPS) is 16.5. The van der Waals surface area contributed by atoms with Gasteiger partial charge in [-0.05, 0) is 18.4 Å². The highest BCUT2D eigenvalue weighted by Gasteiger charge is 2.50. The van der Waals surface area contributed by atoms with Crippen molar-refractivity contribution in [3.8, 4) is 0 Å². The number of nitrogens with one attached hydrogen (secondary N) is 1. The van der Waals surface area contributed by atoms with Crippen molar-refractivity contribution in [1.82, 2.24) is 5.32 Å². The van der Waals surface area contributed by atoms with E-state index in [1.54, 1.807) is 0 Å². The monoisotopic (exact) mass is 218 g/mol. The molecule has 0 spiro atoms. The second kappa shape index (κ2) is 3.96. The summed E-state index contributed by atoms with van der Waals surface area (Å²) < 4.78 is 0. The molecule has 0 atom stereocenters. The van der Waals surface area contributed by atoms with Crippen molar-refractivity contribution >= 4 is 11.8 Å². The minimum atomic E-state index is -0.516. The lowest BCUT2D eigenvalue weighted by Crippen LogP contribution is -2.39. The van der Waals surface area contributed by atoms with Crippen LogP contribution >= 0.6 is 0 Å². The molecule has 1 aliphatic rings. The van der Waals surface area contributed by atoms with Gasteiger partial charge in [0.2, 0.25) is 11.8 Å². The van der Waals surface area contributed by atoms with Crippen molar-refractivity contribution in [3.63, 3.8) is 0 Å². The fraction of sp³-hybridized carbons (Fsp3) is 0.333. The van der Waals surface area contributed by atoms with E-state index in [4.69, 9.17) is 5.73 Å². The van der Waals surface area contributed by atoms with Crippen LogP contribution < -0.4 is 11.1 Å². The molecule has 0 aliphatic heterocycles. The zero-order chi connectivity index (χ0) is 11.6. The van der Waals surface area contributed by atoms with Crippen LogP contribution in [0, 0.1) is 0 Å². The molecule has 1 saturated carbocycles. The lowest BCUT2D eigenvalue weighted by atomic mass is 9.95. The first-order valence-corrected chi connectivity index (χ1v) is 5.27. The fourth-order valence-corrected chi connectivity index (χ4v) is 1.87. The fourth-order valence-electron chi connectivity index (χ4n) is 1.87. The predicted molar refractivity (Wildman–Crippen MR) is 59.6 cm³/mol. The summed E-state index contributed by atoms with van der Waals surface area (Å²) in [4.78, 5) is 22.5. The summed E-state index contributed by atoms with van der Waals surface area (Å²) in [5, 5.41) is 2.57. The first-order valence-electron chi connectivity index (χ1n) is 5.27. The van der Waals surface area contributed by atoms with Crippen molar-refractivity contribution in [2.75, 3.05) is 6.54 Å². The van der Waals surface area contributed by atoms with Crippen molar-refractivity contribution < 1.29 is 9.59 Å². The van der Waals surface area contributed by atoms with E-state index >= 15 is 0 Å². The zero-order valence-corrected chi connectivity index (χ0v) is 8.90. The number of carbonyl (C=O) groups is 2. The Labute approximate surface area is 93.8 Å². The van der Waals surface area contributed by atoms with Gasteiger partial charge >= 0.3 is 0 Å². The van der Waals surface area contributed by atoms with Gasteiger partial charge in [0, 0.05) is 0 Å². The highest BCUT2D eigenvalue weighted by Crippen LogP contribution is 2.48. The van der Waals surface area contributed by atoms with E-state index in [0.29, 0.717) is 0 Å². The van der Waals surface area contributed by atoms with Crippen LogP contribution in [0.3, 0.4) is 0 Å². The largest absolute Gasteiger partial charge is 0.368 e. The maximum absolute atomic E-state index is 11.9. The maximum Gasteiger partial charge on any atom is 0.236 e. The molecule has 0 bridgehead atoms. The second-order valence-corrected chi connectivity index (χ2v) is 4.10. The van der Waals surface area contributed by atoms with E-state index in [9.17, 15) is 9.59 Å². The Bertz CT molecular complexity index is 410. The molecule has 1 aliphatic carbocycles. The second-order valence-electron chi connectivity index (χ2n) is 4.10. The highest BCUT2D eigenvalue weighted by molar-refractivity contribution is 5.93. The van der Waals surface area contributed by atoms with Crippen LogP contribution in [-0.2, 0) is 15.0 Å². The Balaban J connectivity index is 2.09. The summed E-state index contributed by atoms with van der Waals surface area (Å²) in [6.45, 7) is -0.0899. The van der Waals surface area contributed by atoms with Crippen LogP contribution in [0.4, 0.5) is 0 Å². The molecule has 4 nitrogen and oxygen atoms in total. The van der Waals surface area contributed by atoms with E-state index < -0.39 is 11.3 Å². The third kappa shape index (κ3) is 1.91. The molecule has 84 valence electrons. The van der Waals surface area contributed by atoms with Crippen LogP contribution in [-0.4, -0.2) is 18.4 Å². The standard InChI is InChI=1S/C12H14N2O2/c13-10(15)8-14-11(16)12(6-7-12)9-4-2-1-3-5-9/h1-5H,6-8H2,(H2,13,15)(H,14,16). The number of hydrogen-bond donors (Lipinski definition) is 2. The van der Waals surface area contributed by atoms with Gasteiger partial charge in [0.15, 0.2) is 0 Å². The lowest BCUT2D eigenvalue weighted by molar-refractivity contribution is -0.126. The van der Waals surface area contributed by atoms with E-state index in [2.05, 4.69) is 5.32 Å². The number of amides is 2. The molecule has 16 heavy (non-hydrogen) atoms. The average Bonchev–Trinajstić information content (AvgIpc) is 3.08. The summed E-state index contributed by atoms with van der Waals surface area (Å²) in [6.07, 6.45) is 1.67. The van der Waals surface area contributed by atoms with Crippen LogP contribution in [0.25, 0.3) is 0 Å². The Morgan fingerprint density at radius 3 is 2.38 bits per heavy atom. The molecular formula is C12H14N2O2. The molecule has 0 aromatic heterocycles. The Morgan fingerprint density at radius 2 is 1.88 bits per heavy atom. The summed E-state index contributed by atoms with van der Waals surface area (Å²) in [5.74, 6) is -0.616. The van der Waals surface area contributed by atoms with Gasteiger partial charge in [-0.3, -0.25) is 9.59 Å². The Morgan fingerprint density at radius 1 is 1.25 bits per heavy atom. The Hall–Kier alpha value is -1.84. The summed E-state index contributed by atoms with van der Waals surface area (Å²) in [5.41, 5.74) is 5.58. The van der Waals surface area contributed by atoms with Gasteiger partial charge in [-0.2, -0.15) is 0 Å². The van der Waals surface area contributed by atoms with Crippen molar-refractivity contribution in [2.24, 2.45) is 5.73 Å². The minimum Gasteiger partial charge on any atom is -0.368 e. The smallest absolute Gasteiger partial charge is 0.236 e. The third-order valence-corrected chi connectivity index (χ3v) is 2.93. The molecule has 4 heteroatoms. The summed E-state index contributed by atoms with van der Waals surface area (Å²) in [6, 6.07) is 9.63. The first kappa shape index (κ1) is 10.7. The quantitative estimate of drug-likeness (QED) is 0.764. The lowest BCUT2D eigenvalue weighted by Gasteiger charge is -2.14. The minimum absolute atomic E-state index is 0.0899. The zero-order valence-electron chi connectivity index (χ0n) is 8.90. The summed E-state index contributed by atoms with van der Waals surface area (Å²) >= 11 is 0. The molecule has 0 unspecified atom stereocenters. The average molecular weight is 218 g/mol. The molecule has 3 N–H and O–H groups in total. The molecule has 0 heterocycles. The van der Waals surface area contributed by atoms with E-state index in [-0.39, 0.29) is 12.5 Å². The first-order chi connectivity index (χ1) is 7.65. The number of primary amides is 1. The van der Waals surface area contributed by atoms with E-state index in [1.807, 2.05) is 30.3 Å². The van der Waals surface area contributed by atoms with E-state index in [0.717, 1.165) is 18.4 Å². The summed E-state index contributed by atoms with van der Waals surface area (Å²) in [7, 11) is 0. The number of hydrogen-bond acceptors (Lipinski definition) is 2. The SMILES string of the molecule is NC(=O)CNC(=O)C1(c2ccccc2)CC1. The number of rotatable bonds is 4. The molecular weight excluding hydrogens is 204 g/mol. The number of nitrogens with two attached hydrogens (primary N) is 1. The van der Waals surface area contributed by atoms with Crippen LogP contribution in [0.1, 0.15) is 18.4 Å². The van der Waals surface area contributed by atoms with Gasteiger partial charge in [0.25, 0.3) is 0 Å². The van der Waals surface area contributed by atoms with Crippen molar-refractivity contribution in [3.05, 3.63) is 35.9 Å². The maximum atomic E-state index is 11.9. The molecule has 1 aromatic carbocycles. The molecule has 1 aromatic rings. The molecule has 0 saturated heterocycles. The number of carbonyl (C=O) groups excluding carboxylic acids is 2. The van der Waals surface area contributed by atoms with Crippen molar-refractivity contribution in [2.45, 2.75) is 18.3 Å². The van der Waals surface area contributed by atoms with Crippen LogP contribution in [0.5, 0.6) is 0 Å². The number of benzene rings is 1. The molecule has 2 amide bonds. The van der Waals surface area contributed by atoms with Crippen LogP contribution in [0.2, 0.25) is 0 Å². The molecule has 0 radical (unpaired) electrons. The Kier molecular flexibility index (Phi) is 2.64. The van der Waals surface area contributed by atoms with Gasteiger partial charge in [0.05, 0.1) is 12.0 Å². The third-order valence-electron chi connectivity index (χ3n) is 2.93. The molecule has 2 rings (SSSR count). The van der Waals surface area contributed by atoms with E-state index in [1.165, 1.54) is 0 Å². The van der Waals surface area contributed by atoms with Gasteiger partial charge in [-0.25, -0.2) is 0 Å². The molecule has 1 fully saturated rings.